The van der Waals surface area contributed by atoms with Crippen LogP contribution in [0, 0.1) is 0 Å². The molecule has 0 aliphatic rings. The predicted octanol–water partition coefficient (Wildman–Crippen LogP) is 3.22. The van der Waals surface area contributed by atoms with E-state index in [1.165, 1.54) is 7.11 Å². The number of benzene rings is 1. The van der Waals surface area contributed by atoms with Crippen molar-refractivity contribution in [3.63, 3.8) is 0 Å². The van der Waals surface area contributed by atoms with Gasteiger partial charge in [-0.3, -0.25) is 4.79 Å². The van der Waals surface area contributed by atoms with E-state index < -0.39 is 0 Å². The number of carbonyl (C=O) groups is 1. The van der Waals surface area contributed by atoms with E-state index in [1.54, 1.807) is 17.8 Å². The Morgan fingerprint density at radius 3 is 2.76 bits per heavy atom. The van der Waals surface area contributed by atoms with E-state index in [1.807, 2.05) is 18.2 Å². The van der Waals surface area contributed by atoms with E-state index in [0.717, 1.165) is 29.9 Å². The fourth-order valence-corrected chi connectivity index (χ4v) is 2.37. The summed E-state index contributed by atoms with van der Waals surface area (Å²) in [7, 11) is 1.41. The molecule has 17 heavy (non-hydrogen) atoms. The number of para-hydroxylation sites is 1. The Labute approximate surface area is 106 Å². The van der Waals surface area contributed by atoms with Crippen LogP contribution < -0.4 is 0 Å². The van der Waals surface area contributed by atoms with E-state index in [0.29, 0.717) is 12.2 Å². The molecular formula is C13H18O3S. The van der Waals surface area contributed by atoms with Crippen molar-refractivity contribution >= 4 is 17.7 Å². The second-order valence-electron chi connectivity index (χ2n) is 3.70. The molecule has 0 radical (unpaired) electrons. The Morgan fingerprint density at radius 2 is 2.06 bits per heavy atom. The number of hydrogen-bond acceptors (Lipinski definition) is 4. The van der Waals surface area contributed by atoms with Crippen LogP contribution in [0.1, 0.15) is 25.7 Å². The van der Waals surface area contributed by atoms with Crippen molar-refractivity contribution in [3.8, 4) is 5.75 Å². The molecule has 3 nitrogen and oxygen atoms in total. The van der Waals surface area contributed by atoms with Crippen molar-refractivity contribution in [2.75, 3.05) is 12.9 Å². The lowest BCUT2D eigenvalue weighted by Gasteiger charge is -2.03. The Balaban J connectivity index is 2.09. The molecular weight excluding hydrogens is 236 g/mol. The van der Waals surface area contributed by atoms with Gasteiger partial charge in [0, 0.05) is 11.3 Å². The summed E-state index contributed by atoms with van der Waals surface area (Å²) in [5.74, 6) is 1.16. The summed E-state index contributed by atoms with van der Waals surface area (Å²) < 4.78 is 4.56. The highest BCUT2D eigenvalue weighted by Crippen LogP contribution is 2.28. The Kier molecular flexibility index (Phi) is 6.55. The van der Waals surface area contributed by atoms with Crippen LogP contribution in [0.2, 0.25) is 0 Å². The summed E-state index contributed by atoms with van der Waals surface area (Å²) in [4.78, 5) is 11.8. The van der Waals surface area contributed by atoms with Gasteiger partial charge in [-0.15, -0.1) is 11.8 Å². The number of unbranched alkanes of at least 4 members (excludes halogenated alkanes) is 2. The van der Waals surface area contributed by atoms with Gasteiger partial charge >= 0.3 is 5.97 Å². The first-order chi connectivity index (χ1) is 8.24. The lowest BCUT2D eigenvalue weighted by atomic mass is 10.2. The SMILES string of the molecule is COC(=O)CCCCCSc1ccccc1O. The molecule has 0 aromatic heterocycles. The minimum Gasteiger partial charge on any atom is -0.507 e. The van der Waals surface area contributed by atoms with Gasteiger partial charge < -0.3 is 9.84 Å². The zero-order valence-corrected chi connectivity index (χ0v) is 10.8. The molecule has 94 valence electrons. The zero-order valence-electron chi connectivity index (χ0n) is 10.0. The van der Waals surface area contributed by atoms with Crippen LogP contribution in [0.3, 0.4) is 0 Å². The van der Waals surface area contributed by atoms with Gasteiger partial charge in [0.2, 0.25) is 0 Å². The smallest absolute Gasteiger partial charge is 0.305 e. The van der Waals surface area contributed by atoms with E-state index in [2.05, 4.69) is 4.74 Å². The second-order valence-corrected chi connectivity index (χ2v) is 4.84. The number of hydrogen-bond donors (Lipinski definition) is 1. The standard InChI is InChI=1S/C13H18O3S/c1-16-13(15)9-3-2-6-10-17-12-8-5-4-7-11(12)14/h4-5,7-8,14H,2-3,6,9-10H2,1H3. The van der Waals surface area contributed by atoms with E-state index >= 15 is 0 Å². The molecule has 0 aliphatic carbocycles. The summed E-state index contributed by atoms with van der Waals surface area (Å²) in [6.07, 6.45) is 3.41. The van der Waals surface area contributed by atoms with Gasteiger partial charge in [0.15, 0.2) is 0 Å². The molecule has 0 saturated heterocycles. The Hall–Kier alpha value is -1.16. The van der Waals surface area contributed by atoms with Crippen LogP contribution in [0.5, 0.6) is 5.75 Å². The molecule has 4 heteroatoms. The number of phenolic OH excluding ortho intramolecular Hbond substituents is 1. The van der Waals surface area contributed by atoms with Gasteiger partial charge in [0.1, 0.15) is 5.75 Å². The summed E-state index contributed by atoms with van der Waals surface area (Å²) >= 11 is 1.65. The van der Waals surface area contributed by atoms with Gasteiger partial charge in [-0.25, -0.2) is 0 Å². The maximum Gasteiger partial charge on any atom is 0.305 e. The quantitative estimate of drug-likeness (QED) is 0.461. The summed E-state index contributed by atoms with van der Waals surface area (Å²) in [6.45, 7) is 0. The predicted molar refractivity (Wildman–Crippen MR) is 69.3 cm³/mol. The van der Waals surface area contributed by atoms with Gasteiger partial charge in [-0.2, -0.15) is 0 Å². The third kappa shape index (κ3) is 5.63. The molecule has 0 saturated carbocycles. The van der Waals surface area contributed by atoms with Crippen molar-refractivity contribution in [1.29, 1.82) is 0 Å². The first-order valence-electron chi connectivity index (χ1n) is 5.71. The number of methoxy groups -OCH3 is 1. The van der Waals surface area contributed by atoms with Crippen molar-refractivity contribution in [2.45, 2.75) is 30.6 Å². The number of thioether (sulfide) groups is 1. The minimum absolute atomic E-state index is 0.140. The maximum absolute atomic E-state index is 10.9. The van der Waals surface area contributed by atoms with E-state index in [4.69, 9.17) is 0 Å². The van der Waals surface area contributed by atoms with Crippen LogP contribution in [-0.4, -0.2) is 23.9 Å². The number of esters is 1. The third-order valence-electron chi connectivity index (χ3n) is 2.38. The molecule has 1 aromatic rings. The minimum atomic E-state index is -0.140. The number of phenols is 1. The van der Waals surface area contributed by atoms with Crippen molar-refractivity contribution in [1.82, 2.24) is 0 Å². The molecule has 0 heterocycles. The highest BCUT2D eigenvalue weighted by Gasteiger charge is 2.01. The normalized spacial score (nSPS) is 10.2. The molecule has 0 spiro atoms. The first-order valence-corrected chi connectivity index (χ1v) is 6.70. The van der Waals surface area contributed by atoms with Gasteiger partial charge in [0.05, 0.1) is 7.11 Å². The van der Waals surface area contributed by atoms with Crippen LogP contribution >= 0.6 is 11.8 Å². The molecule has 1 aromatic carbocycles. The average Bonchev–Trinajstić information content (AvgIpc) is 2.35. The summed E-state index contributed by atoms with van der Waals surface area (Å²) in [6, 6.07) is 7.34. The molecule has 0 amide bonds. The van der Waals surface area contributed by atoms with E-state index in [-0.39, 0.29) is 5.97 Å². The molecule has 0 aliphatic heterocycles. The van der Waals surface area contributed by atoms with Crippen LogP contribution in [0.4, 0.5) is 0 Å². The van der Waals surface area contributed by atoms with Crippen LogP contribution in [-0.2, 0) is 9.53 Å². The van der Waals surface area contributed by atoms with Crippen LogP contribution in [0.25, 0.3) is 0 Å². The molecule has 1 N–H and O–H groups in total. The summed E-state index contributed by atoms with van der Waals surface area (Å²) in [5.41, 5.74) is 0. The molecule has 0 atom stereocenters. The molecule has 0 bridgehead atoms. The number of ether oxygens (including phenoxy) is 1. The van der Waals surface area contributed by atoms with Gasteiger partial charge in [0.25, 0.3) is 0 Å². The molecule has 0 unspecified atom stereocenters. The third-order valence-corrected chi connectivity index (χ3v) is 3.52. The van der Waals surface area contributed by atoms with E-state index in [9.17, 15) is 9.90 Å². The first kappa shape index (κ1) is 13.9. The summed E-state index contributed by atoms with van der Waals surface area (Å²) in [5, 5.41) is 9.54. The fourth-order valence-electron chi connectivity index (χ4n) is 1.41. The fraction of sp³-hybridized carbons (Fsp3) is 0.462. The number of aromatic hydroxyl groups is 1. The largest absolute Gasteiger partial charge is 0.507 e. The zero-order chi connectivity index (χ0) is 12.5. The van der Waals surface area contributed by atoms with Crippen LogP contribution in [0.15, 0.2) is 29.2 Å². The number of carbonyl (C=O) groups excluding carboxylic acids is 1. The highest BCUT2D eigenvalue weighted by atomic mass is 32.2. The lowest BCUT2D eigenvalue weighted by Crippen LogP contribution is -1.99. The van der Waals surface area contributed by atoms with Crippen molar-refractivity contribution in [3.05, 3.63) is 24.3 Å². The van der Waals surface area contributed by atoms with Crippen molar-refractivity contribution in [2.24, 2.45) is 0 Å². The maximum atomic E-state index is 10.9. The monoisotopic (exact) mass is 254 g/mol. The Morgan fingerprint density at radius 1 is 1.29 bits per heavy atom. The van der Waals surface area contributed by atoms with Crippen molar-refractivity contribution < 1.29 is 14.6 Å². The average molecular weight is 254 g/mol. The highest BCUT2D eigenvalue weighted by molar-refractivity contribution is 7.99. The number of rotatable bonds is 7. The lowest BCUT2D eigenvalue weighted by molar-refractivity contribution is -0.140. The van der Waals surface area contributed by atoms with Gasteiger partial charge in [-0.05, 0) is 30.7 Å². The Bertz CT molecular complexity index is 352. The van der Waals surface area contributed by atoms with Gasteiger partial charge in [-0.1, -0.05) is 18.6 Å². The molecule has 0 fully saturated rings. The molecule has 1 rings (SSSR count). The second kappa shape index (κ2) is 8.01. The topological polar surface area (TPSA) is 46.5 Å².